The second-order valence-electron chi connectivity index (χ2n) is 5.18. The fourth-order valence-electron chi connectivity index (χ4n) is 2.53. The summed E-state index contributed by atoms with van der Waals surface area (Å²) < 4.78 is 31.5. The molecule has 114 valence electrons. The fourth-order valence-corrected chi connectivity index (χ4v) is 3.22. The lowest BCUT2D eigenvalue weighted by molar-refractivity contribution is 0.0767. The normalized spacial score (nSPS) is 21.0. The van der Waals surface area contributed by atoms with E-state index in [-0.39, 0.29) is 5.78 Å². The van der Waals surface area contributed by atoms with Crippen LogP contribution in [-0.4, -0.2) is 26.5 Å². The number of nitrogens with one attached hydrogen (secondary N) is 1. The minimum Gasteiger partial charge on any atom is -0.483 e. The quantitative estimate of drug-likeness (QED) is 0.939. The van der Waals surface area contributed by atoms with Gasteiger partial charge in [-0.05, 0) is 17.7 Å². The van der Waals surface area contributed by atoms with E-state index in [1.807, 2.05) is 30.3 Å². The van der Waals surface area contributed by atoms with Gasteiger partial charge in [-0.1, -0.05) is 42.5 Å². The van der Waals surface area contributed by atoms with Gasteiger partial charge in [-0.3, -0.25) is 4.79 Å². The molecule has 6 heteroatoms. The summed E-state index contributed by atoms with van der Waals surface area (Å²) in [6, 6.07) is 15.0. The average molecular weight is 317 g/mol. The molecule has 0 saturated carbocycles. The zero-order chi connectivity index (χ0) is 15.7. The number of carbonyl (C=O) groups excluding carboxylic acids is 1. The van der Waals surface area contributed by atoms with Gasteiger partial charge in [-0.15, -0.1) is 0 Å². The smallest absolute Gasteiger partial charge is 0.209 e. The lowest BCUT2D eigenvalue weighted by Crippen LogP contribution is -2.48. The molecule has 0 amide bonds. The van der Waals surface area contributed by atoms with Crippen LogP contribution in [-0.2, 0) is 10.0 Å². The molecule has 1 heterocycles. The molecule has 0 aromatic heterocycles. The third kappa shape index (κ3) is 2.88. The van der Waals surface area contributed by atoms with Gasteiger partial charge >= 0.3 is 0 Å². The Bertz CT molecular complexity index is 802. The van der Waals surface area contributed by atoms with Gasteiger partial charge in [-0.2, -0.15) is 0 Å². The van der Waals surface area contributed by atoms with Gasteiger partial charge < -0.3 is 4.74 Å². The van der Waals surface area contributed by atoms with Crippen molar-refractivity contribution >= 4 is 15.8 Å². The Morgan fingerprint density at radius 1 is 1.00 bits per heavy atom. The van der Waals surface area contributed by atoms with E-state index < -0.39 is 22.2 Å². The van der Waals surface area contributed by atoms with Crippen molar-refractivity contribution in [2.24, 2.45) is 0 Å². The van der Waals surface area contributed by atoms with Crippen LogP contribution in [0.2, 0.25) is 0 Å². The van der Waals surface area contributed by atoms with Crippen LogP contribution in [0.25, 0.3) is 0 Å². The highest BCUT2D eigenvalue weighted by Gasteiger charge is 2.39. The lowest BCUT2D eigenvalue weighted by Gasteiger charge is -2.32. The number of hydrogen-bond acceptors (Lipinski definition) is 4. The molecule has 2 unspecified atom stereocenters. The Morgan fingerprint density at radius 2 is 1.64 bits per heavy atom. The number of ether oxygens (including phenoxy) is 1. The molecule has 2 atom stereocenters. The van der Waals surface area contributed by atoms with Crippen LogP contribution in [0, 0.1) is 0 Å². The Morgan fingerprint density at radius 3 is 2.32 bits per heavy atom. The minimum absolute atomic E-state index is 0.291. The highest BCUT2D eigenvalue weighted by molar-refractivity contribution is 7.88. The molecule has 5 nitrogen and oxygen atoms in total. The highest BCUT2D eigenvalue weighted by Crippen LogP contribution is 2.35. The number of para-hydroxylation sites is 1. The highest BCUT2D eigenvalue weighted by atomic mass is 32.2. The monoisotopic (exact) mass is 317 g/mol. The van der Waals surface area contributed by atoms with Crippen LogP contribution < -0.4 is 9.46 Å². The van der Waals surface area contributed by atoms with E-state index in [0.717, 1.165) is 11.8 Å². The molecule has 0 aliphatic carbocycles. The van der Waals surface area contributed by atoms with Gasteiger partial charge in [-0.25, -0.2) is 13.1 Å². The standard InChI is InChI=1S/C16H15NO4S/c1-22(19,20)17-14-15(18)12-9-5-6-10-13(12)21-16(14)11-7-3-2-4-8-11/h2-10,14,16-17H,1H3. The first-order valence-corrected chi connectivity index (χ1v) is 8.67. The Balaban J connectivity index is 2.08. The molecule has 2 aromatic carbocycles. The molecular weight excluding hydrogens is 302 g/mol. The van der Waals surface area contributed by atoms with Crippen molar-refractivity contribution in [1.29, 1.82) is 0 Å². The average Bonchev–Trinajstić information content (AvgIpc) is 2.50. The van der Waals surface area contributed by atoms with Crippen LogP contribution in [0.3, 0.4) is 0 Å². The van der Waals surface area contributed by atoms with E-state index in [1.54, 1.807) is 24.3 Å². The van der Waals surface area contributed by atoms with E-state index in [0.29, 0.717) is 11.3 Å². The molecule has 1 aliphatic rings. The van der Waals surface area contributed by atoms with E-state index in [4.69, 9.17) is 4.74 Å². The molecule has 0 bridgehead atoms. The Labute approximate surface area is 129 Å². The van der Waals surface area contributed by atoms with Gasteiger partial charge in [0.1, 0.15) is 17.9 Å². The zero-order valence-electron chi connectivity index (χ0n) is 11.9. The number of hydrogen-bond donors (Lipinski definition) is 1. The largest absolute Gasteiger partial charge is 0.483 e. The molecule has 0 radical (unpaired) electrons. The van der Waals surface area contributed by atoms with Crippen LogP contribution in [0.5, 0.6) is 5.75 Å². The van der Waals surface area contributed by atoms with Crippen LogP contribution in [0.1, 0.15) is 22.0 Å². The van der Waals surface area contributed by atoms with Crippen molar-refractivity contribution in [2.45, 2.75) is 12.1 Å². The number of rotatable bonds is 3. The van der Waals surface area contributed by atoms with Gasteiger partial charge in [0.05, 0.1) is 11.8 Å². The van der Waals surface area contributed by atoms with Gasteiger partial charge in [0.25, 0.3) is 0 Å². The van der Waals surface area contributed by atoms with Gasteiger partial charge in [0.15, 0.2) is 5.78 Å². The second-order valence-corrected chi connectivity index (χ2v) is 6.96. The van der Waals surface area contributed by atoms with Crippen molar-refractivity contribution in [3.05, 3.63) is 65.7 Å². The van der Waals surface area contributed by atoms with Crippen molar-refractivity contribution in [3.63, 3.8) is 0 Å². The van der Waals surface area contributed by atoms with E-state index in [1.165, 1.54) is 0 Å². The zero-order valence-corrected chi connectivity index (χ0v) is 12.7. The van der Waals surface area contributed by atoms with Gasteiger partial charge in [0.2, 0.25) is 10.0 Å². The molecule has 0 fully saturated rings. The van der Waals surface area contributed by atoms with Crippen molar-refractivity contribution in [1.82, 2.24) is 4.72 Å². The van der Waals surface area contributed by atoms with Crippen LogP contribution in [0.15, 0.2) is 54.6 Å². The van der Waals surface area contributed by atoms with E-state index in [9.17, 15) is 13.2 Å². The summed E-state index contributed by atoms with van der Waals surface area (Å²) in [6.07, 6.45) is 0.335. The number of benzene rings is 2. The SMILES string of the molecule is CS(=O)(=O)NC1C(=O)c2ccccc2OC1c1ccccc1. The summed E-state index contributed by atoms with van der Waals surface area (Å²) in [5.41, 5.74) is 1.13. The number of ketones is 1. The molecule has 22 heavy (non-hydrogen) atoms. The number of fused-ring (bicyclic) bond motifs is 1. The van der Waals surface area contributed by atoms with E-state index in [2.05, 4.69) is 4.72 Å². The predicted octanol–water partition coefficient (Wildman–Crippen LogP) is 1.92. The first-order valence-electron chi connectivity index (χ1n) is 6.78. The molecule has 2 aromatic rings. The lowest BCUT2D eigenvalue weighted by atomic mass is 9.92. The number of sulfonamides is 1. The first-order chi connectivity index (χ1) is 10.5. The van der Waals surface area contributed by atoms with Crippen molar-refractivity contribution < 1.29 is 17.9 Å². The summed E-state index contributed by atoms with van der Waals surface area (Å²) >= 11 is 0. The summed E-state index contributed by atoms with van der Waals surface area (Å²) in [5, 5.41) is 0. The number of carbonyl (C=O) groups is 1. The maximum atomic E-state index is 12.7. The third-order valence-electron chi connectivity index (χ3n) is 3.46. The maximum absolute atomic E-state index is 12.7. The summed E-state index contributed by atoms with van der Waals surface area (Å²) in [7, 11) is -3.55. The molecule has 0 saturated heterocycles. The molecule has 1 aliphatic heterocycles. The maximum Gasteiger partial charge on any atom is 0.209 e. The topological polar surface area (TPSA) is 72.5 Å². The second kappa shape index (κ2) is 5.55. The predicted molar refractivity (Wildman–Crippen MR) is 82.4 cm³/mol. The molecule has 1 N–H and O–H groups in total. The summed E-state index contributed by atoms with van der Waals surface area (Å²) in [4.78, 5) is 12.7. The summed E-state index contributed by atoms with van der Waals surface area (Å²) in [6.45, 7) is 0. The summed E-state index contributed by atoms with van der Waals surface area (Å²) in [5.74, 6) is 0.175. The Hall–Kier alpha value is -2.18. The Kier molecular flexibility index (Phi) is 3.72. The van der Waals surface area contributed by atoms with E-state index >= 15 is 0 Å². The molecule has 0 spiro atoms. The van der Waals surface area contributed by atoms with Crippen LogP contribution >= 0.6 is 0 Å². The third-order valence-corrected chi connectivity index (χ3v) is 4.14. The minimum atomic E-state index is -3.55. The van der Waals surface area contributed by atoms with Gasteiger partial charge in [0, 0.05) is 0 Å². The first kappa shape index (κ1) is 14.7. The number of Topliss-reactive ketones (excluding diaryl/α,β-unsaturated/α-hetero) is 1. The fraction of sp³-hybridized carbons (Fsp3) is 0.188. The molecule has 3 rings (SSSR count). The van der Waals surface area contributed by atoms with Crippen LogP contribution in [0.4, 0.5) is 0 Å². The van der Waals surface area contributed by atoms with Crippen molar-refractivity contribution in [3.8, 4) is 5.75 Å². The molecular formula is C16H15NO4S. The van der Waals surface area contributed by atoms with Crippen molar-refractivity contribution in [2.75, 3.05) is 6.26 Å².